The number of benzene rings is 1. The summed E-state index contributed by atoms with van der Waals surface area (Å²) in [5.74, 6) is -1.36. The lowest BCUT2D eigenvalue weighted by molar-refractivity contribution is -0.148. The van der Waals surface area contributed by atoms with Crippen LogP contribution < -0.4 is 21.4 Å². The molecule has 234 valence electrons. The number of nitrogens with zero attached hydrogens (tertiary/aromatic N) is 3. The number of rotatable bonds is 20. The number of hydrogen-bond acceptors (Lipinski definition) is 8. The van der Waals surface area contributed by atoms with E-state index in [1.807, 2.05) is 31.2 Å². The van der Waals surface area contributed by atoms with Crippen molar-refractivity contribution in [1.82, 2.24) is 35.9 Å². The normalized spacial score (nSPS) is 11.8. The number of carbonyl (C=O) groups excluding carboxylic acids is 2. The predicted molar refractivity (Wildman–Crippen MR) is 165 cm³/mol. The van der Waals surface area contributed by atoms with Crippen molar-refractivity contribution < 1.29 is 29.0 Å². The summed E-state index contributed by atoms with van der Waals surface area (Å²) in [4.78, 5) is 36.5. The second kappa shape index (κ2) is 19.0. The summed E-state index contributed by atoms with van der Waals surface area (Å²) in [5.41, 5.74) is 5.37. The molecule has 0 fully saturated rings. The maximum atomic E-state index is 12.5. The second-order valence-electron chi connectivity index (χ2n) is 9.70. The van der Waals surface area contributed by atoms with Gasteiger partial charge in [0.05, 0.1) is 39.4 Å². The van der Waals surface area contributed by atoms with E-state index in [9.17, 15) is 14.4 Å². The molecule has 0 saturated heterocycles. The average molecular weight is 608 g/mol. The van der Waals surface area contributed by atoms with E-state index in [1.54, 1.807) is 0 Å². The Morgan fingerprint density at radius 1 is 0.976 bits per heavy atom. The second-order valence-corrected chi connectivity index (χ2v) is 10.1. The fourth-order valence-corrected chi connectivity index (χ4v) is 4.21. The quantitative estimate of drug-likeness (QED) is 0.0815. The Morgan fingerprint density at radius 3 is 2.36 bits per heavy atom. The fourth-order valence-electron chi connectivity index (χ4n) is 4.00. The first-order valence-electron chi connectivity index (χ1n) is 14.0. The third-order valence-electron chi connectivity index (χ3n) is 6.67. The van der Waals surface area contributed by atoms with Crippen LogP contribution in [0.5, 0.6) is 0 Å². The molecule has 0 aliphatic rings. The Morgan fingerprint density at radius 2 is 1.64 bits per heavy atom. The maximum absolute atomic E-state index is 12.5. The molecule has 0 spiro atoms. The van der Waals surface area contributed by atoms with Crippen molar-refractivity contribution in [2.45, 2.75) is 38.9 Å². The first-order valence-corrected chi connectivity index (χ1v) is 14.4. The lowest BCUT2D eigenvalue weighted by Gasteiger charge is -2.21. The van der Waals surface area contributed by atoms with Crippen LogP contribution in [0.3, 0.4) is 0 Å². The molecule has 5 N–H and O–H groups in total. The average Bonchev–Trinajstić information content (AvgIpc) is 3.32. The van der Waals surface area contributed by atoms with Crippen LogP contribution in [0.25, 0.3) is 10.9 Å². The number of likely N-dealkylation sites (N-methyl/N-ethyl adjacent to an activating group) is 1. The highest BCUT2D eigenvalue weighted by Crippen LogP contribution is 2.21. The molecule has 1 atom stereocenters. The summed E-state index contributed by atoms with van der Waals surface area (Å²) in [6.07, 6.45) is 0.478. The van der Waals surface area contributed by atoms with Gasteiger partial charge in [-0.15, -0.1) is 0 Å². The molecular formula is C28H45N7O6S. The minimum absolute atomic E-state index is 0.0248. The summed E-state index contributed by atoms with van der Waals surface area (Å²) >= 11 is 5.26. The highest BCUT2D eigenvalue weighted by atomic mass is 32.1. The third-order valence-corrected chi connectivity index (χ3v) is 6.96. The van der Waals surface area contributed by atoms with Crippen molar-refractivity contribution in [2.24, 2.45) is 0 Å². The lowest BCUT2D eigenvalue weighted by Crippen LogP contribution is -2.41. The number of hydrogen-bond donors (Lipinski definition) is 5. The van der Waals surface area contributed by atoms with Gasteiger partial charge in [0.15, 0.2) is 5.11 Å². The number of aryl methyl sites for hydroxylation is 1. The van der Waals surface area contributed by atoms with Crippen molar-refractivity contribution in [3.8, 4) is 0 Å². The minimum Gasteiger partial charge on any atom is -0.480 e. The maximum Gasteiger partial charge on any atom is 0.326 e. The van der Waals surface area contributed by atoms with Gasteiger partial charge in [0.25, 0.3) is 0 Å². The number of para-hydroxylation sites is 1. The van der Waals surface area contributed by atoms with Crippen molar-refractivity contribution >= 4 is 46.0 Å². The predicted octanol–water partition coefficient (Wildman–Crippen LogP) is 0.533. The number of carboxylic acids is 1. The lowest BCUT2D eigenvalue weighted by atomic mass is 10.2. The first-order chi connectivity index (χ1) is 20.1. The van der Waals surface area contributed by atoms with E-state index in [2.05, 4.69) is 44.1 Å². The zero-order valence-electron chi connectivity index (χ0n) is 25.0. The van der Waals surface area contributed by atoms with Crippen LogP contribution in [-0.2, 0) is 36.9 Å². The van der Waals surface area contributed by atoms with Gasteiger partial charge in [-0.1, -0.05) is 18.2 Å². The molecule has 1 unspecified atom stereocenters. The van der Waals surface area contributed by atoms with Gasteiger partial charge in [-0.05, 0) is 43.7 Å². The number of carbonyl (C=O) groups is 3. The van der Waals surface area contributed by atoms with E-state index < -0.39 is 12.0 Å². The molecule has 0 aliphatic carbocycles. The highest BCUT2D eigenvalue weighted by Gasteiger charge is 2.21. The van der Waals surface area contributed by atoms with E-state index in [1.165, 1.54) is 18.9 Å². The number of fused-ring (bicyclic) bond motifs is 1. The van der Waals surface area contributed by atoms with E-state index >= 15 is 0 Å². The SMILES string of the molecule is CNN(C)Cc1cc2ccccc2n1CCC(=O)NCCNC(=S)NCCOCCOCCC(=O)N(C)C(C)C(=O)O. The van der Waals surface area contributed by atoms with Crippen LogP contribution in [0.4, 0.5) is 0 Å². The molecule has 0 radical (unpaired) electrons. The molecular weight excluding hydrogens is 562 g/mol. The summed E-state index contributed by atoms with van der Waals surface area (Å²) in [6, 6.07) is 9.47. The number of aliphatic carboxylic acids is 1. The Labute approximate surface area is 252 Å². The Balaban J connectivity index is 1.51. The summed E-state index contributed by atoms with van der Waals surface area (Å²) in [5, 5.41) is 21.6. The van der Waals surface area contributed by atoms with Gasteiger partial charge in [0.1, 0.15) is 6.04 Å². The zero-order valence-corrected chi connectivity index (χ0v) is 25.8. The topological polar surface area (TPSA) is 149 Å². The highest BCUT2D eigenvalue weighted by molar-refractivity contribution is 7.80. The van der Waals surface area contributed by atoms with Crippen LogP contribution in [-0.4, -0.2) is 116 Å². The Bertz CT molecular complexity index is 1160. The van der Waals surface area contributed by atoms with Crippen LogP contribution in [0.15, 0.2) is 30.3 Å². The Kier molecular flexibility index (Phi) is 15.8. The zero-order chi connectivity index (χ0) is 30.9. The molecule has 1 heterocycles. The monoisotopic (exact) mass is 607 g/mol. The molecule has 1 aromatic carbocycles. The first kappa shape index (κ1) is 34.9. The summed E-state index contributed by atoms with van der Waals surface area (Å²) < 4.78 is 13.0. The van der Waals surface area contributed by atoms with Gasteiger partial charge in [0.2, 0.25) is 11.8 Å². The molecule has 42 heavy (non-hydrogen) atoms. The van der Waals surface area contributed by atoms with Crippen molar-refractivity contribution in [3.63, 3.8) is 0 Å². The molecule has 0 bridgehead atoms. The molecule has 2 amide bonds. The number of hydrazine groups is 1. The van der Waals surface area contributed by atoms with E-state index in [0.717, 1.165) is 23.1 Å². The molecule has 0 aliphatic heterocycles. The minimum atomic E-state index is -1.05. The number of amides is 2. The molecule has 13 nitrogen and oxygen atoms in total. The van der Waals surface area contributed by atoms with E-state index in [-0.39, 0.29) is 24.8 Å². The van der Waals surface area contributed by atoms with Crippen molar-refractivity contribution in [1.29, 1.82) is 0 Å². The standard InChI is InChI=1S/C28H45N7O6S/c1-21(27(38)39)34(4)26(37)10-15-40-17-18-41-16-13-32-28(42)31-12-11-30-25(36)9-14-35-23(20-33(3)29-2)19-22-7-5-6-8-24(22)35/h5-8,19,21,29H,9-18,20H2,1-4H3,(H,30,36)(H,38,39)(H2,31,32,42). The summed E-state index contributed by atoms with van der Waals surface area (Å²) in [6.45, 7) is 5.50. The number of carboxylic acid groups (broad SMARTS) is 1. The molecule has 0 saturated carbocycles. The largest absolute Gasteiger partial charge is 0.480 e. The van der Waals surface area contributed by atoms with E-state index in [4.69, 9.17) is 26.8 Å². The van der Waals surface area contributed by atoms with Gasteiger partial charge in [-0.2, -0.15) is 0 Å². The van der Waals surface area contributed by atoms with Crippen molar-refractivity contribution in [3.05, 3.63) is 36.0 Å². The Hall–Kier alpha value is -3.30. The number of ether oxygens (including phenoxy) is 2. The molecule has 14 heteroatoms. The van der Waals surface area contributed by atoms with Gasteiger partial charge in [0, 0.05) is 57.9 Å². The molecule has 2 rings (SSSR count). The van der Waals surface area contributed by atoms with Crippen LogP contribution in [0.1, 0.15) is 25.5 Å². The van der Waals surface area contributed by atoms with Crippen LogP contribution in [0.2, 0.25) is 0 Å². The van der Waals surface area contributed by atoms with Gasteiger partial charge in [-0.3, -0.25) is 15.0 Å². The molecule has 2 aromatic rings. The van der Waals surface area contributed by atoms with Crippen LogP contribution in [0, 0.1) is 0 Å². The van der Waals surface area contributed by atoms with Gasteiger partial charge < -0.3 is 40.0 Å². The fraction of sp³-hybridized carbons (Fsp3) is 0.571. The smallest absolute Gasteiger partial charge is 0.326 e. The van der Waals surface area contributed by atoms with Gasteiger partial charge >= 0.3 is 5.97 Å². The van der Waals surface area contributed by atoms with E-state index in [0.29, 0.717) is 57.5 Å². The summed E-state index contributed by atoms with van der Waals surface area (Å²) in [7, 11) is 5.32. The number of thiocarbonyl (C=S) groups is 1. The van der Waals surface area contributed by atoms with Crippen LogP contribution >= 0.6 is 12.2 Å². The number of nitrogens with one attached hydrogen (secondary N) is 4. The number of aromatic nitrogens is 1. The van der Waals surface area contributed by atoms with Gasteiger partial charge in [-0.25, -0.2) is 9.80 Å². The third kappa shape index (κ3) is 12.3. The van der Waals surface area contributed by atoms with Crippen molar-refractivity contribution in [2.75, 3.05) is 67.2 Å². The molecule has 1 aromatic heterocycles.